The minimum absolute atomic E-state index is 0.188. The van der Waals surface area contributed by atoms with E-state index in [-0.39, 0.29) is 5.82 Å². The number of rotatable bonds is 9. The van der Waals surface area contributed by atoms with Crippen LogP contribution in [0.4, 0.5) is 5.82 Å². The Bertz CT molecular complexity index is 1850. The molecule has 3 heterocycles. The van der Waals surface area contributed by atoms with Gasteiger partial charge in [0.05, 0.1) is 28.4 Å². The Hall–Kier alpha value is -5.20. The Morgan fingerprint density at radius 3 is 2.52 bits per heavy atom. The minimum Gasteiger partial charge on any atom is -0.367 e. The fourth-order valence-electron chi connectivity index (χ4n) is 5.75. The molecule has 220 valence electrons. The molecule has 1 aliphatic carbocycles. The van der Waals surface area contributed by atoms with Gasteiger partial charge in [0, 0.05) is 61.7 Å². The van der Waals surface area contributed by atoms with E-state index in [1.807, 2.05) is 48.8 Å². The molecule has 0 bridgehead atoms. The van der Waals surface area contributed by atoms with Crippen LogP contribution in [-0.4, -0.2) is 56.0 Å². The van der Waals surface area contributed by atoms with Gasteiger partial charge in [0.2, 0.25) is 5.82 Å². The lowest BCUT2D eigenvalue weighted by Gasteiger charge is -2.32. The van der Waals surface area contributed by atoms with E-state index in [1.54, 1.807) is 6.20 Å². The molecule has 0 atom stereocenters. The molecule has 0 radical (unpaired) electrons. The average Bonchev–Trinajstić information content (AvgIpc) is 3.49. The lowest BCUT2D eigenvalue weighted by molar-refractivity contribution is 0.211. The number of hydrogen-bond donors (Lipinski definition) is 1. The number of aromatic nitrogens is 4. The molecule has 2 aromatic carbocycles. The van der Waals surface area contributed by atoms with E-state index in [0.29, 0.717) is 11.9 Å². The number of benzene rings is 2. The van der Waals surface area contributed by atoms with E-state index in [4.69, 9.17) is 10.3 Å². The zero-order chi connectivity index (χ0) is 30.3. The molecule has 2 aromatic heterocycles. The number of fused-ring (bicyclic) bond motifs is 1. The van der Waals surface area contributed by atoms with Gasteiger partial charge in [-0.25, -0.2) is 15.0 Å². The maximum atomic E-state index is 9.07. The van der Waals surface area contributed by atoms with Gasteiger partial charge in [-0.15, -0.1) is 0 Å². The molecule has 2 aliphatic rings. The zero-order valence-corrected chi connectivity index (χ0v) is 24.9. The summed E-state index contributed by atoms with van der Waals surface area (Å²) >= 11 is 0. The molecule has 0 unspecified atom stereocenters. The van der Waals surface area contributed by atoms with Gasteiger partial charge >= 0.3 is 0 Å². The fraction of sp³-hybridized carbons (Fsp3) is 0.257. The molecule has 1 N–H and O–H groups in total. The van der Waals surface area contributed by atoms with Gasteiger partial charge in [0.15, 0.2) is 0 Å². The first-order valence-corrected chi connectivity index (χ1v) is 15.0. The van der Waals surface area contributed by atoms with Gasteiger partial charge in [-0.05, 0) is 44.2 Å². The number of nitrogens with one attached hydrogen (secondary N) is 1. The van der Waals surface area contributed by atoms with Crippen molar-refractivity contribution in [2.75, 3.05) is 18.4 Å². The topological polar surface area (TPSA) is 107 Å². The third-order valence-electron chi connectivity index (χ3n) is 8.07. The van der Waals surface area contributed by atoms with E-state index in [0.717, 1.165) is 84.4 Å². The molecule has 0 spiro atoms. The van der Waals surface area contributed by atoms with E-state index in [9.17, 15) is 0 Å². The predicted octanol–water partition coefficient (Wildman–Crippen LogP) is 4.27. The highest BCUT2D eigenvalue weighted by molar-refractivity contribution is 6.15. The number of anilines is 1. The second kappa shape index (κ2) is 13.4. The molecule has 44 heavy (non-hydrogen) atoms. The van der Waals surface area contributed by atoms with Gasteiger partial charge in [-0.3, -0.25) is 14.9 Å². The monoisotopic (exact) mass is 581 g/mol. The van der Waals surface area contributed by atoms with Crippen molar-refractivity contribution >= 4 is 41.8 Å². The first-order valence-electron chi connectivity index (χ1n) is 15.0. The third kappa shape index (κ3) is 6.56. The lowest BCUT2D eigenvalue weighted by Crippen LogP contribution is -2.38. The number of likely N-dealkylation sites (tertiary alicyclic amines) is 1. The van der Waals surface area contributed by atoms with Crippen molar-refractivity contribution in [3.8, 4) is 6.07 Å². The molecular formula is C35H35N9. The minimum atomic E-state index is 0.188. The second-order valence-electron chi connectivity index (χ2n) is 10.9. The average molecular weight is 582 g/mol. The normalized spacial score (nSPS) is 16.7. The summed E-state index contributed by atoms with van der Waals surface area (Å²) in [7, 11) is 0. The predicted molar refractivity (Wildman–Crippen MR) is 176 cm³/mol. The smallest absolute Gasteiger partial charge is 0.234 e. The number of piperidine rings is 1. The summed E-state index contributed by atoms with van der Waals surface area (Å²) in [5, 5.41) is 14.6. The Morgan fingerprint density at radius 2 is 1.80 bits per heavy atom. The SMILES string of the molecule is C=N/C(=C(\N=C1C=c2ncn(CC)c2=CC1)c1ccc(CN2CCC(Nc3ccnc(C#N)n3)CC2)cc1)c1ccccc1. The first-order chi connectivity index (χ1) is 21.6. The van der Waals surface area contributed by atoms with Gasteiger partial charge in [-0.1, -0.05) is 60.7 Å². The van der Waals surface area contributed by atoms with Crippen LogP contribution < -0.4 is 16.0 Å². The number of aliphatic imine (C=N–C) groups is 2. The van der Waals surface area contributed by atoms with Crippen LogP contribution in [0.15, 0.2) is 83.2 Å². The summed E-state index contributed by atoms with van der Waals surface area (Å²) in [5.41, 5.74) is 5.72. The van der Waals surface area contributed by atoms with Crippen molar-refractivity contribution in [1.82, 2.24) is 24.4 Å². The van der Waals surface area contributed by atoms with E-state index < -0.39 is 0 Å². The molecule has 0 amide bonds. The lowest BCUT2D eigenvalue weighted by atomic mass is 10.0. The number of imidazole rings is 1. The van der Waals surface area contributed by atoms with Crippen molar-refractivity contribution in [3.05, 3.63) is 106 Å². The largest absolute Gasteiger partial charge is 0.367 e. The number of nitriles is 1. The number of aryl methyl sites for hydroxylation is 1. The Morgan fingerprint density at radius 1 is 1.02 bits per heavy atom. The van der Waals surface area contributed by atoms with Crippen molar-refractivity contribution in [2.24, 2.45) is 9.98 Å². The van der Waals surface area contributed by atoms with Crippen LogP contribution in [0, 0.1) is 11.3 Å². The zero-order valence-electron chi connectivity index (χ0n) is 24.9. The van der Waals surface area contributed by atoms with Crippen LogP contribution in [0.2, 0.25) is 0 Å². The highest BCUT2D eigenvalue weighted by atomic mass is 15.1. The highest BCUT2D eigenvalue weighted by Gasteiger charge is 2.20. The molecule has 9 heteroatoms. The van der Waals surface area contributed by atoms with Gasteiger partial charge in [-0.2, -0.15) is 5.26 Å². The molecule has 9 nitrogen and oxygen atoms in total. The molecule has 6 rings (SSSR count). The summed E-state index contributed by atoms with van der Waals surface area (Å²) in [6, 6.07) is 22.9. The summed E-state index contributed by atoms with van der Waals surface area (Å²) < 4.78 is 2.15. The summed E-state index contributed by atoms with van der Waals surface area (Å²) in [6.45, 7) is 9.77. The molecular weight excluding hydrogens is 546 g/mol. The maximum Gasteiger partial charge on any atom is 0.234 e. The maximum absolute atomic E-state index is 9.07. The Balaban J connectivity index is 1.20. The van der Waals surface area contributed by atoms with Crippen LogP contribution in [0.5, 0.6) is 0 Å². The van der Waals surface area contributed by atoms with Crippen LogP contribution >= 0.6 is 0 Å². The quantitative estimate of drug-likeness (QED) is 0.234. The summed E-state index contributed by atoms with van der Waals surface area (Å²) in [6.07, 6.45) is 10.5. The van der Waals surface area contributed by atoms with Crippen LogP contribution in [0.3, 0.4) is 0 Å². The van der Waals surface area contributed by atoms with Crippen LogP contribution in [0.25, 0.3) is 23.5 Å². The van der Waals surface area contributed by atoms with Crippen LogP contribution in [0.1, 0.15) is 48.7 Å². The number of nitrogens with zero attached hydrogens (tertiary/aromatic N) is 8. The van der Waals surface area contributed by atoms with Gasteiger partial charge in [0.25, 0.3) is 0 Å². The fourth-order valence-corrected chi connectivity index (χ4v) is 5.75. The van der Waals surface area contributed by atoms with Crippen molar-refractivity contribution in [1.29, 1.82) is 5.26 Å². The van der Waals surface area contributed by atoms with E-state index in [2.05, 4.69) is 84.8 Å². The van der Waals surface area contributed by atoms with Crippen molar-refractivity contribution in [2.45, 2.75) is 45.3 Å². The van der Waals surface area contributed by atoms with Crippen molar-refractivity contribution in [3.63, 3.8) is 0 Å². The molecule has 1 aliphatic heterocycles. The van der Waals surface area contributed by atoms with Crippen molar-refractivity contribution < 1.29 is 0 Å². The summed E-state index contributed by atoms with van der Waals surface area (Å²) in [5.74, 6) is 0.898. The molecule has 0 saturated carbocycles. The third-order valence-corrected chi connectivity index (χ3v) is 8.07. The Labute approximate surface area is 257 Å². The number of hydrogen-bond acceptors (Lipinski definition) is 8. The van der Waals surface area contributed by atoms with E-state index >= 15 is 0 Å². The molecule has 1 fully saturated rings. The second-order valence-corrected chi connectivity index (χ2v) is 10.9. The standard InChI is InChI=1S/C35H35N9/c1-3-44-24-39-30-21-29(13-14-31(30)44)41-35(34(37-2)26-7-5-4-6-8-26)27-11-9-25(10-12-27)23-43-19-16-28(17-20-43)40-32-15-18-38-33(22-36)42-32/h4-12,14-15,18,21,24,28H,2-3,13,16-17,19-20,23H2,1H3,(H,38,40,42)/b35-34-,41-29?. The van der Waals surface area contributed by atoms with Gasteiger partial charge < -0.3 is 9.88 Å². The first kappa shape index (κ1) is 28.9. The van der Waals surface area contributed by atoms with E-state index in [1.165, 1.54) is 5.56 Å². The highest BCUT2D eigenvalue weighted by Crippen LogP contribution is 2.30. The summed E-state index contributed by atoms with van der Waals surface area (Å²) in [4.78, 5) is 24.9. The molecule has 4 aromatic rings. The Kier molecular flexibility index (Phi) is 8.80. The van der Waals surface area contributed by atoms with Crippen LogP contribution in [-0.2, 0) is 13.1 Å². The molecule has 1 saturated heterocycles. The van der Waals surface area contributed by atoms with Gasteiger partial charge in [0.1, 0.15) is 11.9 Å².